The van der Waals surface area contributed by atoms with Crippen molar-refractivity contribution in [3.05, 3.63) is 41.9 Å². The SMILES string of the molecule is C=CCC(C(=O)Cc1nc2ccccc2s1)C(=O)OCC. The average molecular weight is 303 g/mol. The number of allylic oxidation sites excluding steroid dienone is 1. The third kappa shape index (κ3) is 3.76. The first-order chi connectivity index (χ1) is 10.2. The number of aromatic nitrogens is 1. The van der Waals surface area contributed by atoms with Gasteiger partial charge in [0.15, 0.2) is 5.78 Å². The van der Waals surface area contributed by atoms with Crippen molar-refractivity contribution < 1.29 is 14.3 Å². The van der Waals surface area contributed by atoms with Gasteiger partial charge in [0.25, 0.3) is 0 Å². The molecule has 2 rings (SSSR count). The molecule has 2 aromatic rings. The lowest BCUT2D eigenvalue weighted by molar-refractivity contribution is -0.151. The summed E-state index contributed by atoms with van der Waals surface area (Å²) in [4.78, 5) is 28.6. The van der Waals surface area contributed by atoms with Crippen LogP contribution in [0.1, 0.15) is 18.4 Å². The fraction of sp³-hybridized carbons (Fsp3) is 0.312. The summed E-state index contributed by atoms with van der Waals surface area (Å²) in [7, 11) is 0. The summed E-state index contributed by atoms with van der Waals surface area (Å²) in [5.74, 6) is -1.44. The molecular weight excluding hydrogens is 286 g/mol. The van der Waals surface area contributed by atoms with Crippen LogP contribution < -0.4 is 0 Å². The van der Waals surface area contributed by atoms with Gasteiger partial charge in [-0.25, -0.2) is 4.98 Å². The van der Waals surface area contributed by atoms with Crippen molar-refractivity contribution in [2.24, 2.45) is 5.92 Å². The quantitative estimate of drug-likeness (QED) is 0.448. The van der Waals surface area contributed by atoms with E-state index >= 15 is 0 Å². The van der Waals surface area contributed by atoms with E-state index in [1.54, 1.807) is 13.0 Å². The highest BCUT2D eigenvalue weighted by Gasteiger charge is 2.27. The highest BCUT2D eigenvalue weighted by atomic mass is 32.1. The molecule has 0 aliphatic carbocycles. The number of para-hydroxylation sites is 1. The summed E-state index contributed by atoms with van der Waals surface area (Å²) in [5.41, 5.74) is 0.877. The van der Waals surface area contributed by atoms with Gasteiger partial charge in [0.2, 0.25) is 0 Å². The van der Waals surface area contributed by atoms with Gasteiger partial charge in [-0.05, 0) is 25.5 Å². The number of carbonyl (C=O) groups is 2. The number of benzene rings is 1. The Hall–Kier alpha value is -2.01. The second-order valence-corrected chi connectivity index (χ2v) is 5.66. The van der Waals surface area contributed by atoms with Crippen molar-refractivity contribution in [3.63, 3.8) is 0 Å². The van der Waals surface area contributed by atoms with Crippen LogP contribution in [-0.2, 0) is 20.7 Å². The molecule has 0 bridgehead atoms. The van der Waals surface area contributed by atoms with Crippen LogP contribution in [0.4, 0.5) is 0 Å². The topological polar surface area (TPSA) is 56.3 Å². The molecule has 0 aliphatic heterocycles. The molecule has 0 amide bonds. The second-order valence-electron chi connectivity index (χ2n) is 4.55. The van der Waals surface area contributed by atoms with Crippen LogP contribution in [0.5, 0.6) is 0 Å². The molecule has 1 aromatic carbocycles. The maximum absolute atomic E-state index is 12.3. The molecule has 0 spiro atoms. The number of esters is 1. The van der Waals surface area contributed by atoms with Gasteiger partial charge < -0.3 is 4.74 Å². The van der Waals surface area contributed by atoms with Crippen LogP contribution in [0.3, 0.4) is 0 Å². The minimum Gasteiger partial charge on any atom is -0.465 e. The summed E-state index contributed by atoms with van der Waals surface area (Å²) in [6.45, 7) is 5.58. The fourth-order valence-electron chi connectivity index (χ4n) is 2.04. The number of nitrogens with zero attached hydrogens (tertiary/aromatic N) is 1. The zero-order valence-electron chi connectivity index (χ0n) is 11.9. The van der Waals surface area contributed by atoms with E-state index in [2.05, 4.69) is 11.6 Å². The maximum Gasteiger partial charge on any atom is 0.316 e. The molecule has 0 N–H and O–H groups in total. The number of rotatable bonds is 7. The van der Waals surface area contributed by atoms with Crippen molar-refractivity contribution in [2.45, 2.75) is 19.8 Å². The number of Topliss-reactive ketones (excluding diaryl/α,β-unsaturated/α-hetero) is 1. The summed E-state index contributed by atoms with van der Waals surface area (Å²) in [6, 6.07) is 7.72. The van der Waals surface area contributed by atoms with E-state index in [1.165, 1.54) is 11.3 Å². The molecule has 1 aromatic heterocycles. The van der Waals surface area contributed by atoms with Gasteiger partial charge in [0, 0.05) is 0 Å². The number of thiazole rings is 1. The molecule has 0 fully saturated rings. The van der Waals surface area contributed by atoms with Crippen molar-refractivity contribution in [2.75, 3.05) is 6.61 Å². The first-order valence-corrected chi connectivity index (χ1v) is 7.62. The number of hydrogen-bond acceptors (Lipinski definition) is 5. The molecule has 1 unspecified atom stereocenters. The predicted octanol–water partition coefficient (Wildman–Crippen LogP) is 3.16. The molecule has 0 radical (unpaired) electrons. The fourth-order valence-corrected chi connectivity index (χ4v) is 3.01. The highest BCUT2D eigenvalue weighted by Crippen LogP contribution is 2.23. The normalized spacial score (nSPS) is 12.0. The average Bonchev–Trinajstić information content (AvgIpc) is 2.86. The lowest BCUT2D eigenvalue weighted by atomic mass is 9.98. The van der Waals surface area contributed by atoms with E-state index in [4.69, 9.17) is 4.74 Å². The van der Waals surface area contributed by atoms with E-state index in [-0.39, 0.29) is 18.8 Å². The smallest absolute Gasteiger partial charge is 0.316 e. The first-order valence-electron chi connectivity index (χ1n) is 6.80. The van der Waals surface area contributed by atoms with Crippen molar-refractivity contribution in [1.29, 1.82) is 0 Å². The molecule has 0 saturated heterocycles. The third-order valence-corrected chi connectivity index (χ3v) is 4.06. The molecule has 1 heterocycles. The summed E-state index contributed by atoms with van der Waals surface area (Å²) < 4.78 is 5.99. The number of hydrogen-bond donors (Lipinski definition) is 0. The Balaban J connectivity index is 2.13. The van der Waals surface area contributed by atoms with Gasteiger partial charge in [0.1, 0.15) is 10.9 Å². The van der Waals surface area contributed by atoms with Crippen LogP contribution in [-0.4, -0.2) is 23.3 Å². The third-order valence-electron chi connectivity index (χ3n) is 3.03. The summed E-state index contributed by atoms with van der Waals surface area (Å²) >= 11 is 1.48. The lowest BCUT2D eigenvalue weighted by Gasteiger charge is -2.11. The Labute approximate surface area is 127 Å². The van der Waals surface area contributed by atoms with Crippen LogP contribution in [0, 0.1) is 5.92 Å². The number of carbonyl (C=O) groups excluding carboxylic acids is 2. The minimum absolute atomic E-state index is 0.149. The molecule has 110 valence electrons. The Morgan fingerprint density at radius 3 is 2.86 bits per heavy atom. The monoisotopic (exact) mass is 303 g/mol. The zero-order chi connectivity index (χ0) is 15.2. The van der Waals surface area contributed by atoms with Gasteiger partial charge in [-0.1, -0.05) is 18.2 Å². The molecule has 4 nitrogen and oxygen atoms in total. The van der Waals surface area contributed by atoms with E-state index in [1.807, 2.05) is 24.3 Å². The summed E-state index contributed by atoms with van der Waals surface area (Å²) in [5, 5.41) is 0.722. The van der Waals surface area contributed by atoms with Gasteiger partial charge in [-0.15, -0.1) is 17.9 Å². The lowest BCUT2D eigenvalue weighted by Crippen LogP contribution is -2.27. The largest absolute Gasteiger partial charge is 0.465 e. The van der Waals surface area contributed by atoms with Crippen LogP contribution in [0.15, 0.2) is 36.9 Å². The molecule has 0 saturated carbocycles. The Morgan fingerprint density at radius 1 is 1.43 bits per heavy atom. The standard InChI is InChI=1S/C16H17NO3S/c1-3-7-11(16(19)20-4-2)13(18)10-15-17-12-8-5-6-9-14(12)21-15/h3,5-6,8-9,11H,1,4,7,10H2,2H3. The summed E-state index contributed by atoms with van der Waals surface area (Å²) in [6.07, 6.45) is 2.01. The van der Waals surface area contributed by atoms with Crippen molar-refractivity contribution >= 4 is 33.3 Å². The molecule has 0 aliphatic rings. The van der Waals surface area contributed by atoms with Gasteiger partial charge in [-0.2, -0.15) is 0 Å². The molecule has 5 heteroatoms. The van der Waals surface area contributed by atoms with Gasteiger partial charge in [-0.3, -0.25) is 9.59 Å². The van der Waals surface area contributed by atoms with Crippen LogP contribution >= 0.6 is 11.3 Å². The number of fused-ring (bicyclic) bond motifs is 1. The second kappa shape index (κ2) is 7.13. The Morgan fingerprint density at radius 2 is 2.19 bits per heavy atom. The van der Waals surface area contributed by atoms with E-state index < -0.39 is 11.9 Å². The minimum atomic E-state index is -0.783. The highest BCUT2D eigenvalue weighted by molar-refractivity contribution is 7.18. The van der Waals surface area contributed by atoms with E-state index in [0.29, 0.717) is 6.42 Å². The molecule has 1 atom stereocenters. The number of ether oxygens (including phenoxy) is 1. The Kier molecular flexibility index (Phi) is 5.22. The van der Waals surface area contributed by atoms with Crippen LogP contribution in [0.2, 0.25) is 0 Å². The maximum atomic E-state index is 12.3. The van der Waals surface area contributed by atoms with E-state index in [9.17, 15) is 9.59 Å². The van der Waals surface area contributed by atoms with Crippen LogP contribution in [0.25, 0.3) is 10.2 Å². The van der Waals surface area contributed by atoms with Crippen molar-refractivity contribution in [3.8, 4) is 0 Å². The van der Waals surface area contributed by atoms with Gasteiger partial charge in [0.05, 0.1) is 23.2 Å². The zero-order valence-corrected chi connectivity index (χ0v) is 12.7. The van der Waals surface area contributed by atoms with E-state index in [0.717, 1.165) is 15.2 Å². The Bertz CT molecular complexity index is 629. The molecule has 21 heavy (non-hydrogen) atoms. The molecular formula is C16H17NO3S. The number of ketones is 1. The van der Waals surface area contributed by atoms with Crippen molar-refractivity contribution in [1.82, 2.24) is 4.98 Å². The predicted molar refractivity (Wildman–Crippen MR) is 83.3 cm³/mol. The van der Waals surface area contributed by atoms with Gasteiger partial charge >= 0.3 is 5.97 Å². The first kappa shape index (κ1) is 15.4.